The average molecular weight is 253 g/mol. The quantitative estimate of drug-likeness (QED) is 0.810. The van der Waals surface area contributed by atoms with Gasteiger partial charge in [0.1, 0.15) is 0 Å². The van der Waals surface area contributed by atoms with Gasteiger partial charge in [0, 0.05) is 19.9 Å². The minimum Gasteiger partial charge on any atom is -0.383 e. The average Bonchev–Trinajstić information content (AvgIpc) is 2.69. The number of anilines is 1. The summed E-state index contributed by atoms with van der Waals surface area (Å²) in [6.45, 7) is 12.5. The summed E-state index contributed by atoms with van der Waals surface area (Å²) >= 11 is 0. The third-order valence-electron chi connectivity index (χ3n) is 3.42. The van der Waals surface area contributed by atoms with Crippen LogP contribution < -0.4 is 5.32 Å². The fourth-order valence-electron chi connectivity index (χ4n) is 1.75. The first-order valence-electron chi connectivity index (χ1n) is 6.68. The Hall–Kier alpha value is -1.03. The Morgan fingerprint density at radius 2 is 2.17 bits per heavy atom. The number of imidazole rings is 1. The predicted octanol–water partition coefficient (Wildman–Crippen LogP) is 3.25. The van der Waals surface area contributed by atoms with Crippen molar-refractivity contribution in [2.45, 2.75) is 47.1 Å². The van der Waals surface area contributed by atoms with E-state index in [-0.39, 0.29) is 5.41 Å². The predicted molar refractivity (Wildman–Crippen MR) is 76.1 cm³/mol. The number of ether oxygens (including phenoxy) is 1. The fraction of sp³-hybridized carbons (Fsp3) is 0.786. The zero-order valence-corrected chi connectivity index (χ0v) is 12.6. The molecule has 0 aliphatic heterocycles. The Morgan fingerprint density at radius 3 is 2.72 bits per heavy atom. The fourth-order valence-corrected chi connectivity index (χ4v) is 1.75. The van der Waals surface area contributed by atoms with Gasteiger partial charge in [-0.05, 0) is 25.7 Å². The minimum atomic E-state index is 0.287. The maximum atomic E-state index is 5.21. The first-order chi connectivity index (χ1) is 8.39. The number of aryl methyl sites for hydroxylation is 1. The van der Waals surface area contributed by atoms with E-state index in [1.54, 1.807) is 7.11 Å². The zero-order valence-electron chi connectivity index (χ0n) is 12.6. The molecule has 0 amide bonds. The van der Waals surface area contributed by atoms with Gasteiger partial charge in [-0.25, -0.2) is 4.98 Å². The molecule has 18 heavy (non-hydrogen) atoms. The van der Waals surface area contributed by atoms with E-state index in [0.717, 1.165) is 24.6 Å². The summed E-state index contributed by atoms with van der Waals surface area (Å²) in [4.78, 5) is 4.55. The number of aromatic nitrogens is 2. The van der Waals surface area contributed by atoms with E-state index in [9.17, 15) is 0 Å². The molecule has 0 saturated heterocycles. The van der Waals surface area contributed by atoms with Gasteiger partial charge in [-0.3, -0.25) is 0 Å². The van der Waals surface area contributed by atoms with E-state index in [0.29, 0.717) is 12.6 Å². The summed E-state index contributed by atoms with van der Waals surface area (Å²) in [6, 6.07) is 0.295. The molecule has 104 valence electrons. The van der Waals surface area contributed by atoms with Gasteiger partial charge < -0.3 is 14.6 Å². The monoisotopic (exact) mass is 253 g/mol. The summed E-state index contributed by atoms with van der Waals surface area (Å²) in [6.07, 6.45) is 3.22. The highest BCUT2D eigenvalue weighted by Crippen LogP contribution is 2.22. The largest absolute Gasteiger partial charge is 0.383 e. The third kappa shape index (κ3) is 4.02. The molecule has 0 radical (unpaired) electrons. The van der Waals surface area contributed by atoms with Gasteiger partial charge >= 0.3 is 0 Å². The van der Waals surface area contributed by atoms with E-state index < -0.39 is 0 Å². The second kappa shape index (κ2) is 6.23. The molecular formula is C14H27N3O. The highest BCUT2D eigenvalue weighted by atomic mass is 16.5. The molecule has 1 aromatic heterocycles. The number of rotatable bonds is 7. The molecule has 0 spiro atoms. The van der Waals surface area contributed by atoms with Crippen molar-refractivity contribution in [3.63, 3.8) is 0 Å². The summed E-state index contributed by atoms with van der Waals surface area (Å²) in [5, 5.41) is 3.46. The molecule has 1 heterocycles. The molecule has 1 rings (SSSR count). The molecule has 4 nitrogen and oxygen atoms in total. The van der Waals surface area contributed by atoms with E-state index in [1.165, 1.54) is 0 Å². The Morgan fingerprint density at radius 1 is 1.50 bits per heavy atom. The van der Waals surface area contributed by atoms with Crippen molar-refractivity contribution in [3.8, 4) is 0 Å². The van der Waals surface area contributed by atoms with Crippen LogP contribution in [0, 0.1) is 12.3 Å². The number of nitrogens with zero attached hydrogens (tertiary/aromatic N) is 2. The Kier molecular flexibility index (Phi) is 5.20. The van der Waals surface area contributed by atoms with Crippen molar-refractivity contribution in [1.29, 1.82) is 0 Å². The highest BCUT2D eigenvalue weighted by molar-refractivity contribution is 5.30. The van der Waals surface area contributed by atoms with Gasteiger partial charge in [0.15, 0.2) is 0 Å². The molecule has 1 aromatic rings. The van der Waals surface area contributed by atoms with Gasteiger partial charge in [0.2, 0.25) is 5.95 Å². The molecule has 1 unspecified atom stereocenters. The van der Waals surface area contributed by atoms with Crippen LogP contribution in [0.15, 0.2) is 6.20 Å². The van der Waals surface area contributed by atoms with Crippen LogP contribution in [0.25, 0.3) is 0 Å². The molecule has 0 bridgehead atoms. The van der Waals surface area contributed by atoms with Gasteiger partial charge in [0.05, 0.1) is 18.3 Å². The number of methoxy groups -OCH3 is 1. The van der Waals surface area contributed by atoms with Crippen LogP contribution >= 0.6 is 0 Å². The van der Waals surface area contributed by atoms with E-state index in [2.05, 4.69) is 48.8 Å². The molecule has 0 aliphatic carbocycles. The first-order valence-corrected chi connectivity index (χ1v) is 6.68. The summed E-state index contributed by atoms with van der Waals surface area (Å²) in [5.74, 6) is 0.943. The Bertz CT molecular complexity index is 371. The Balaban J connectivity index is 2.76. The Labute approximate surface area is 111 Å². The maximum Gasteiger partial charge on any atom is 0.203 e. The van der Waals surface area contributed by atoms with Crippen LogP contribution in [-0.2, 0) is 4.74 Å². The van der Waals surface area contributed by atoms with Crippen molar-refractivity contribution in [2.75, 3.05) is 25.6 Å². The topological polar surface area (TPSA) is 39.1 Å². The molecule has 0 aliphatic rings. The lowest BCUT2D eigenvalue weighted by Crippen LogP contribution is -2.24. The van der Waals surface area contributed by atoms with Gasteiger partial charge in [0.25, 0.3) is 0 Å². The van der Waals surface area contributed by atoms with E-state index in [1.807, 2.05) is 6.92 Å². The standard InChI is InChI=1S/C14H27N3O/c1-7-14(4,5)10-15-13-16-11(2)8-17(13)12(3)9-18-6/h8,12H,7,9-10H2,1-6H3,(H,15,16). The zero-order chi connectivity index (χ0) is 13.8. The van der Waals surface area contributed by atoms with Crippen LogP contribution in [0.2, 0.25) is 0 Å². The molecular weight excluding hydrogens is 226 g/mol. The van der Waals surface area contributed by atoms with Crippen LogP contribution in [0.4, 0.5) is 5.95 Å². The molecule has 0 aromatic carbocycles. The first kappa shape index (κ1) is 15.0. The van der Waals surface area contributed by atoms with E-state index >= 15 is 0 Å². The van der Waals surface area contributed by atoms with Crippen molar-refractivity contribution in [3.05, 3.63) is 11.9 Å². The highest BCUT2D eigenvalue weighted by Gasteiger charge is 2.17. The van der Waals surface area contributed by atoms with Crippen LogP contribution in [0.5, 0.6) is 0 Å². The molecule has 4 heteroatoms. The minimum absolute atomic E-state index is 0.287. The molecule has 1 N–H and O–H groups in total. The van der Waals surface area contributed by atoms with Gasteiger partial charge in [-0.15, -0.1) is 0 Å². The normalized spacial score (nSPS) is 13.7. The number of hydrogen-bond acceptors (Lipinski definition) is 3. The van der Waals surface area contributed by atoms with Crippen molar-refractivity contribution >= 4 is 5.95 Å². The van der Waals surface area contributed by atoms with Crippen LogP contribution in [0.3, 0.4) is 0 Å². The second-order valence-corrected chi connectivity index (χ2v) is 5.79. The maximum absolute atomic E-state index is 5.21. The SMILES string of the molecule is CCC(C)(C)CNc1nc(C)cn1C(C)COC. The number of nitrogens with one attached hydrogen (secondary N) is 1. The van der Waals surface area contributed by atoms with Gasteiger partial charge in [-0.1, -0.05) is 20.8 Å². The third-order valence-corrected chi connectivity index (χ3v) is 3.42. The van der Waals surface area contributed by atoms with Crippen molar-refractivity contribution in [2.24, 2.45) is 5.41 Å². The summed E-state index contributed by atoms with van der Waals surface area (Å²) in [7, 11) is 1.73. The lowest BCUT2D eigenvalue weighted by atomic mass is 9.90. The number of hydrogen-bond donors (Lipinski definition) is 1. The van der Waals surface area contributed by atoms with Crippen LogP contribution in [0.1, 0.15) is 45.9 Å². The lowest BCUT2D eigenvalue weighted by molar-refractivity contribution is 0.163. The van der Waals surface area contributed by atoms with E-state index in [4.69, 9.17) is 4.74 Å². The molecule has 1 atom stereocenters. The van der Waals surface area contributed by atoms with Crippen LogP contribution in [-0.4, -0.2) is 29.8 Å². The molecule has 0 saturated carbocycles. The molecule has 0 fully saturated rings. The smallest absolute Gasteiger partial charge is 0.203 e. The van der Waals surface area contributed by atoms with Crippen molar-refractivity contribution < 1.29 is 4.74 Å². The summed E-state index contributed by atoms with van der Waals surface area (Å²) < 4.78 is 7.37. The van der Waals surface area contributed by atoms with Gasteiger partial charge in [-0.2, -0.15) is 0 Å². The van der Waals surface area contributed by atoms with Crippen molar-refractivity contribution in [1.82, 2.24) is 9.55 Å². The lowest BCUT2D eigenvalue weighted by Gasteiger charge is -2.24. The second-order valence-electron chi connectivity index (χ2n) is 5.79. The summed E-state index contributed by atoms with van der Waals surface area (Å²) in [5.41, 5.74) is 1.32.